The number of hydrogen-bond acceptors (Lipinski definition) is 2. The maximum Gasteiger partial charge on any atom is 0.190 e. The molecule has 0 saturated heterocycles. The predicted octanol–water partition coefficient (Wildman–Crippen LogP) is 2.10. The zero-order chi connectivity index (χ0) is 14.9. The molecule has 0 radical (unpaired) electrons. The summed E-state index contributed by atoms with van der Waals surface area (Å²) in [7, 11) is 3.78. The van der Waals surface area contributed by atoms with Gasteiger partial charge in [0.1, 0.15) is 0 Å². The van der Waals surface area contributed by atoms with Gasteiger partial charge in [-0.15, -0.1) is 0 Å². The van der Waals surface area contributed by atoms with Crippen molar-refractivity contribution in [2.24, 2.45) is 18.0 Å². The highest BCUT2D eigenvalue weighted by atomic mass is 15.2. The van der Waals surface area contributed by atoms with Crippen LogP contribution >= 0.6 is 0 Å². The second-order valence-electron chi connectivity index (χ2n) is 5.99. The maximum absolute atomic E-state index is 4.27. The molecular formula is C16H29N5. The van der Waals surface area contributed by atoms with Crippen molar-refractivity contribution in [1.29, 1.82) is 0 Å². The molecule has 1 aliphatic rings. The Bertz CT molecular complexity index is 432. The number of rotatable bonds is 7. The summed E-state index contributed by atoms with van der Waals surface area (Å²) in [4.78, 5) is 4.27. The summed E-state index contributed by atoms with van der Waals surface area (Å²) in [5.74, 6) is 1.89. The lowest BCUT2D eigenvalue weighted by Gasteiger charge is -2.13. The van der Waals surface area contributed by atoms with Gasteiger partial charge in [-0.1, -0.05) is 25.7 Å². The minimum Gasteiger partial charge on any atom is -0.356 e. The average Bonchev–Trinajstić information content (AvgIpc) is 3.13. The van der Waals surface area contributed by atoms with Crippen LogP contribution < -0.4 is 10.6 Å². The van der Waals surface area contributed by atoms with Crippen molar-refractivity contribution in [3.05, 3.63) is 18.0 Å². The molecule has 1 saturated carbocycles. The highest BCUT2D eigenvalue weighted by molar-refractivity contribution is 5.79. The van der Waals surface area contributed by atoms with E-state index in [1.807, 2.05) is 25.0 Å². The second-order valence-corrected chi connectivity index (χ2v) is 5.99. The van der Waals surface area contributed by atoms with E-state index in [2.05, 4.69) is 26.9 Å². The molecule has 21 heavy (non-hydrogen) atoms. The molecule has 1 aromatic rings. The average molecular weight is 291 g/mol. The molecule has 0 aromatic carbocycles. The van der Waals surface area contributed by atoms with Crippen molar-refractivity contribution < 1.29 is 0 Å². The number of nitrogens with zero attached hydrogens (tertiary/aromatic N) is 3. The van der Waals surface area contributed by atoms with Gasteiger partial charge in [-0.2, -0.15) is 5.10 Å². The van der Waals surface area contributed by atoms with Crippen molar-refractivity contribution in [3.63, 3.8) is 0 Å². The largest absolute Gasteiger partial charge is 0.356 e. The zero-order valence-corrected chi connectivity index (χ0v) is 13.4. The molecule has 5 nitrogen and oxygen atoms in total. The fraction of sp³-hybridized carbons (Fsp3) is 0.750. The van der Waals surface area contributed by atoms with E-state index < -0.39 is 0 Å². The van der Waals surface area contributed by atoms with Gasteiger partial charge in [0.15, 0.2) is 5.96 Å². The molecule has 1 heterocycles. The fourth-order valence-electron chi connectivity index (χ4n) is 3.04. The summed E-state index contributed by atoms with van der Waals surface area (Å²) in [5, 5.41) is 10.9. The third-order valence-electron chi connectivity index (χ3n) is 4.24. The van der Waals surface area contributed by atoms with Gasteiger partial charge < -0.3 is 10.6 Å². The molecule has 0 amide bonds. The first kappa shape index (κ1) is 15.9. The van der Waals surface area contributed by atoms with E-state index in [0.29, 0.717) is 0 Å². The number of aryl methyl sites for hydroxylation is 1. The summed E-state index contributed by atoms with van der Waals surface area (Å²) < 4.78 is 1.84. The molecule has 2 rings (SSSR count). The highest BCUT2D eigenvalue weighted by Gasteiger charge is 2.13. The molecule has 118 valence electrons. The standard InChI is InChI=1S/C16H29N5/c1-17-16(18-10-5-8-14-6-3-4-7-14)19-11-9-15-12-20-21(2)13-15/h12-14H,3-11H2,1-2H3,(H2,17,18,19). The van der Waals surface area contributed by atoms with Gasteiger partial charge in [-0.3, -0.25) is 9.67 Å². The number of nitrogens with one attached hydrogen (secondary N) is 2. The Kier molecular flexibility index (Phi) is 6.57. The van der Waals surface area contributed by atoms with Crippen molar-refractivity contribution in [2.45, 2.75) is 44.9 Å². The van der Waals surface area contributed by atoms with Gasteiger partial charge in [-0.05, 0) is 30.7 Å². The lowest BCUT2D eigenvalue weighted by molar-refractivity contribution is 0.481. The third kappa shape index (κ3) is 5.78. The molecule has 0 atom stereocenters. The number of guanidine groups is 1. The lowest BCUT2D eigenvalue weighted by Crippen LogP contribution is -2.38. The first-order valence-electron chi connectivity index (χ1n) is 8.20. The first-order valence-corrected chi connectivity index (χ1v) is 8.20. The first-order chi connectivity index (χ1) is 10.3. The lowest BCUT2D eigenvalue weighted by atomic mass is 10.0. The third-order valence-corrected chi connectivity index (χ3v) is 4.24. The topological polar surface area (TPSA) is 54.2 Å². The number of aromatic nitrogens is 2. The van der Waals surface area contributed by atoms with Crippen LogP contribution in [0, 0.1) is 5.92 Å². The Hall–Kier alpha value is -1.52. The van der Waals surface area contributed by atoms with Crippen molar-refractivity contribution in [1.82, 2.24) is 20.4 Å². The van der Waals surface area contributed by atoms with Crippen LogP contribution in [0.4, 0.5) is 0 Å². The molecular weight excluding hydrogens is 262 g/mol. The van der Waals surface area contributed by atoms with E-state index in [0.717, 1.165) is 31.4 Å². The Morgan fingerprint density at radius 3 is 2.76 bits per heavy atom. The molecule has 0 spiro atoms. The summed E-state index contributed by atoms with van der Waals surface area (Å²) in [6.07, 6.45) is 13.3. The summed E-state index contributed by atoms with van der Waals surface area (Å²) in [6.45, 7) is 1.90. The van der Waals surface area contributed by atoms with Gasteiger partial charge in [0.05, 0.1) is 6.20 Å². The molecule has 0 unspecified atom stereocenters. The highest BCUT2D eigenvalue weighted by Crippen LogP contribution is 2.28. The Morgan fingerprint density at radius 2 is 2.10 bits per heavy atom. The molecule has 5 heteroatoms. The van der Waals surface area contributed by atoms with E-state index in [1.165, 1.54) is 44.1 Å². The Labute approximate surface area is 128 Å². The molecule has 1 fully saturated rings. The second kappa shape index (κ2) is 8.70. The van der Waals surface area contributed by atoms with Crippen LogP contribution in [-0.2, 0) is 13.5 Å². The van der Waals surface area contributed by atoms with Crippen LogP contribution in [0.1, 0.15) is 44.1 Å². The molecule has 0 bridgehead atoms. The molecule has 0 aliphatic heterocycles. The van der Waals surface area contributed by atoms with Gasteiger partial charge in [0, 0.05) is 33.4 Å². The van der Waals surface area contributed by atoms with Crippen LogP contribution in [0.5, 0.6) is 0 Å². The fourth-order valence-corrected chi connectivity index (χ4v) is 3.04. The van der Waals surface area contributed by atoms with Crippen LogP contribution in [0.2, 0.25) is 0 Å². The quantitative estimate of drug-likeness (QED) is 0.459. The van der Waals surface area contributed by atoms with Gasteiger partial charge >= 0.3 is 0 Å². The van der Waals surface area contributed by atoms with E-state index >= 15 is 0 Å². The smallest absolute Gasteiger partial charge is 0.190 e. The Balaban J connectivity index is 1.55. The SMILES string of the molecule is CN=C(NCCCC1CCCC1)NCCc1cnn(C)c1. The van der Waals surface area contributed by atoms with Crippen molar-refractivity contribution in [3.8, 4) is 0 Å². The minimum atomic E-state index is 0.883. The maximum atomic E-state index is 4.27. The van der Waals surface area contributed by atoms with E-state index in [-0.39, 0.29) is 0 Å². The van der Waals surface area contributed by atoms with Crippen LogP contribution in [-0.4, -0.2) is 35.9 Å². The molecule has 1 aromatic heterocycles. The van der Waals surface area contributed by atoms with Crippen molar-refractivity contribution in [2.75, 3.05) is 20.1 Å². The Morgan fingerprint density at radius 1 is 1.33 bits per heavy atom. The monoisotopic (exact) mass is 291 g/mol. The van der Waals surface area contributed by atoms with E-state index in [9.17, 15) is 0 Å². The van der Waals surface area contributed by atoms with E-state index in [4.69, 9.17) is 0 Å². The van der Waals surface area contributed by atoms with Crippen LogP contribution in [0.15, 0.2) is 17.4 Å². The number of aliphatic imine (C=N–C) groups is 1. The van der Waals surface area contributed by atoms with E-state index in [1.54, 1.807) is 0 Å². The molecule has 1 aliphatic carbocycles. The van der Waals surface area contributed by atoms with Crippen molar-refractivity contribution >= 4 is 5.96 Å². The zero-order valence-electron chi connectivity index (χ0n) is 13.4. The van der Waals surface area contributed by atoms with Gasteiger partial charge in [0.2, 0.25) is 0 Å². The normalized spacial score (nSPS) is 16.4. The minimum absolute atomic E-state index is 0.883. The summed E-state index contributed by atoms with van der Waals surface area (Å²) in [5.41, 5.74) is 1.25. The predicted molar refractivity (Wildman–Crippen MR) is 87.5 cm³/mol. The summed E-state index contributed by atoms with van der Waals surface area (Å²) >= 11 is 0. The van der Waals surface area contributed by atoms with Gasteiger partial charge in [-0.25, -0.2) is 0 Å². The molecule has 2 N–H and O–H groups in total. The van der Waals surface area contributed by atoms with Crippen LogP contribution in [0.25, 0.3) is 0 Å². The van der Waals surface area contributed by atoms with Gasteiger partial charge in [0.25, 0.3) is 0 Å². The summed E-state index contributed by atoms with van der Waals surface area (Å²) in [6, 6.07) is 0. The van der Waals surface area contributed by atoms with Crippen LogP contribution in [0.3, 0.4) is 0 Å². The number of hydrogen-bond donors (Lipinski definition) is 2.